The fraction of sp³-hybridized carbons (Fsp3) is 0.714. The monoisotopic (exact) mass is 336 g/mol. The normalized spacial score (nSPS) is 32.3. The smallest absolute Gasteiger partial charge is 0.305 e. The van der Waals surface area contributed by atoms with E-state index in [1.165, 1.54) is 6.92 Å². The van der Waals surface area contributed by atoms with Gasteiger partial charge in [-0.15, -0.1) is 0 Å². The summed E-state index contributed by atoms with van der Waals surface area (Å²) in [7, 11) is 0. The predicted molar refractivity (Wildman–Crippen MR) is 72.8 cm³/mol. The molecule has 1 heterocycles. The zero-order chi connectivity index (χ0) is 20.6. The molecule has 0 spiro atoms. The molecule has 130 valence electrons. The molecule has 9 heteroatoms. The van der Waals surface area contributed by atoms with Crippen LogP contribution < -0.4 is 0 Å². The van der Waals surface area contributed by atoms with Gasteiger partial charge < -0.3 is 23.7 Å². The van der Waals surface area contributed by atoms with Gasteiger partial charge >= 0.3 is 23.9 Å². The van der Waals surface area contributed by atoms with Crippen LogP contribution in [0.5, 0.6) is 0 Å². The van der Waals surface area contributed by atoms with Gasteiger partial charge in [0.2, 0.25) is 12.4 Å². The van der Waals surface area contributed by atoms with Crippen LogP contribution in [-0.2, 0) is 42.9 Å². The number of carbonyl (C=O) groups excluding carboxylic acids is 4. The van der Waals surface area contributed by atoms with Gasteiger partial charge in [-0.2, -0.15) is 0 Å². The van der Waals surface area contributed by atoms with Gasteiger partial charge in [0, 0.05) is 33.1 Å². The Labute approximate surface area is 138 Å². The maximum absolute atomic E-state index is 11.6. The van der Waals surface area contributed by atoms with E-state index < -0.39 is 82.2 Å². The predicted octanol–water partition coefficient (Wildman–Crippen LogP) is 0.0894. The van der Waals surface area contributed by atoms with Crippen molar-refractivity contribution in [3.05, 3.63) is 0 Å². The highest BCUT2D eigenvalue weighted by atomic mass is 16.7. The number of hydrogen-bond acceptors (Lipinski definition) is 9. The van der Waals surface area contributed by atoms with Gasteiger partial charge in [0.15, 0.2) is 12.2 Å². The van der Waals surface area contributed by atoms with Gasteiger partial charge in [0.1, 0.15) is 0 Å². The van der Waals surface area contributed by atoms with Crippen molar-refractivity contribution < 1.29 is 48.3 Å². The van der Waals surface area contributed by atoms with Crippen molar-refractivity contribution in [2.45, 2.75) is 65.2 Å². The largest absolute Gasteiger partial charge is 0.456 e. The molecule has 0 amide bonds. The molecule has 0 aliphatic carbocycles. The molecule has 0 bridgehead atoms. The van der Waals surface area contributed by atoms with Crippen LogP contribution in [0.25, 0.3) is 0 Å². The minimum Gasteiger partial charge on any atom is -0.456 e. The topological polar surface area (TPSA) is 114 Å². The van der Waals surface area contributed by atoms with Crippen LogP contribution in [0.15, 0.2) is 0 Å². The summed E-state index contributed by atoms with van der Waals surface area (Å²) in [5, 5.41) is 0. The van der Waals surface area contributed by atoms with Crippen LogP contribution in [0.1, 0.15) is 40.0 Å². The van der Waals surface area contributed by atoms with Crippen molar-refractivity contribution in [3.8, 4) is 0 Å². The average Bonchev–Trinajstić information content (AvgIpc) is 2.66. The van der Waals surface area contributed by atoms with E-state index in [1.54, 1.807) is 0 Å². The Bertz CT molecular complexity index is 559. The molecule has 0 radical (unpaired) electrons. The van der Waals surface area contributed by atoms with E-state index in [-0.39, 0.29) is 0 Å². The van der Waals surface area contributed by atoms with E-state index in [2.05, 4.69) is 0 Å². The average molecular weight is 336 g/mol. The summed E-state index contributed by atoms with van der Waals surface area (Å²) in [6.07, 6.45) is -7.05. The van der Waals surface area contributed by atoms with Gasteiger partial charge in [0.25, 0.3) is 0 Å². The lowest BCUT2D eigenvalue weighted by molar-refractivity contribution is -0.292. The summed E-state index contributed by atoms with van der Waals surface area (Å²) in [6, 6.07) is 0. The van der Waals surface area contributed by atoms with E-state index in [9.17, 15) is 19.2 Å². The van der Waals surface area contributed by atoms with E-state index in [1.807, 2.05) is 0 Å². The highest BCUT2D eigenvalue weighted by molar-refractivity contribution is 5.69. The highest BCUT2D eigenvalue weighted by Crippen LogP contribution is 2.29. The Kier molecular flexibility index (Phi) is 4.57. The van der Waals surface area contributed by atoms with E-state index in [4.69, 9.17) is 29.2 Å². The van der Waals surface area contributed by atoms with E-state index >= 15 is 0 Å². The summed E-state index contributed by atoms with van der Waals surface area (Å²) < 4.78 is 53.5. The molecule has 1 rings (SSSR count). The number of rotatable bonds is 4. The van der Waals surface area contributed by atoms with Gasteiger partial charge in [-0.3, -0.25) is 19.2 Å². The van der Waals surface area contributed by atoms with Gasteiger partial charge in [0.05, 0.1) is 6.10 Å². The van der Waals surface area contributed by atoms with Crippen LogP contribution >= 0.6 is 0 Å². The number of hydrogen-bond donors (Lipinski definition) is 0. The maximum atomic E-state index is 11.6. The van der Waals surface area contributed by atoms with Gasteiger partial charge in [-0.25, -0.2) is 0 Å². The zero-order valence-electron chi connectivity index (χ0n) is 16.4. The van der Waals surface area contributed by atoms with E-state index in [0.29, 0.717) is 0 Å². The second-order valence-electron chi connectivity index (χ2n) is 4.56. The van der Waals surface area contributed by atoms with Crippen molar-refractivity contribution in [1.29, 1.82) is 0 Å². The number of carbonyl (C=O) groups is 4. The van der Waals surface area contributed by atoms with Gasteiger partial charge in [-0.05, 0) is 6.92 Å². The zero-order valence-corrected chi connectivity index (χ0v) is 12.4. The molecule has 0 saturated carbocycles. The van der Waals surface area contributed by atoms with E-state index in [0.717, 1.165) is 0 Å². The molecule has 0 aromatic rings. The molecule has 1 unspecified atom stereocenters. The molecule has 1 aliphatic heterocycles. The molecule has 0 N–H and O–H groups in total. The van der Waals surface area contributed by atoms with Crippen LogP contribution in [0.2, 0.25) is 0 Å². The van der Waals surface area contributed by atoms with Crippen LogP contribution in [0.3, 0.4) is 0 Å². The first-order valence-corrected chi connectivity index (χ1v) is 6.37. The Morgan fingerprint density at radius 3 is 1.70 bits per heavy atom. The summed E-state index contributed by atoms with van der Waals surface area (Å²) in [6.45, 7) is -1.70. The Morgan fingerprint density at radius 2 is 1.17 bits per heavy atom. The summed E-state index contributed by atoms with van der Waals surface area (Å²) >= 11 is 0. The molecule has 0 aromatic carbocycles. The third-order valence-corrected chi connectivity index (χ3v) is 2.78. The first kappa shape index (κ1) is 13.3. The Balaban J connectivity index is 3.22. The fourth-order valence-corrected chi connectivity index (χ4v) is 2.07. The minimum atomic E-state index is -1.60. The summed E-state index contributed by atoms with van der Waals surface area (Å²) in [4.78, 5) is 46.2. The lowest BCUT2D eigenvalue weighted by Crippen LogP contribution is -2.61. The number of esters is 4. The van der Waals surface area contributed by atoms with Gasteiger partial charge in [-0.1, -0.05) is 0 Å². The minimum absolute atomic E-state index is 0.739. The summed E-state index contributed by atoms with van der Waals surface area (Å²) in [5.74, 6) is -4.11. The first-order chi connectivity index (χ1) is 12.8. The van der Waals surface area contributed by atoms with Crippen LogP contribution in [0.4, 0.5) is 0 Å². The van der Waals surface area contributed by atoms with Crippen molar-refractivity contribution in [1.82, 2.24) is 0 Å². The van der Waals surface area contributed by atoms with Crippen molar-refractivity contribution in [3.63, 3.8) is 0 Å². The molecular formula is C14H20O9. The first-order valence-electron chi connectivity index (χ1n) is 9.20. The van der Waals surface area contributed by atoms with Crippen LogP contribution in [0, 0.1) is 0 Å². The molecule has 5 atom stereocenters. The lowest BCUT2D eigenvalue weighted by Gasteiger charge is -2.42. The standard InChI is InChI=1S/C14H20O9/c1-6-11(20-7(2)15)12(21-8(3)16)13(22-9(4)17)14(19-6)23-10(5)18/h6,11-14H,1-5H3/t6-,11+,12+,13-,14?/m0/s1/i2D,3D,4D,5D. The van der Waals surface area contributed by atoms with Crippen molar-refractivity contribution in [2.24, 2.45) is 0 Å². The number of ether oxygens (including phenoxy) is 5. The Hall–Kier alpha value is -2.16. The maximum Gasteiger partial charge on any atom is 0.305 e. The second-order valence-corrected chi connectivity index (χ2v) is 4.56. The quantitative estimate of drug-likeness (QED) is 0.520. The van der Waals surface area contributed by atoms with Crippen molar-refractivity contribution in [2.75, 3.05) is 0 Å². The third kappa shape index (κ3) is 5.51. The molecule has 1 aliphatic rings. The molecule has 23 heavy (non-hydrogen) atoms. The molecule has 1 saturated heterocycles. The SMILES string of the molecule is [2H]CC(=O)OC1O[C@@H](C)[C@@H](OC(=O)C[2H])[C@@H](OC(=O)C[2H])[C@@H]1OC(=O)C[2H]. The summed E-state index contributed by atoms with van der Waals surface area (Å²) in [5.41, 5.74) is 0. The van der Waals surface area contributed by atoms with Crippen molar-refractivity contribution >= 4 is 23.9 Å². The lowest BCUT2D eigenvalue weighted by atomic mass is 9.99. The molecule has 9 nitrogen and oxygen atoms in total. The highest BCUT2D eigenvalue weighted by Gasteiger charge is 2.51. The molecule has 1 fully saturated rings. The molecule has 0 aromatic heterocycles. The third-order valence-electron chi connectivity index (χ3n) is 2.78. The molecular weight excluding hydrogens is 312 g/mol. The second kappa shape index (κ2) is 7.91. The fourth-order valence-electron chi connectivity index (χ4n) is 2.07. The van der Waals surface area contributed by atoms with Crippen LogP contribution in [-0.4, -0.2) is 54.6 Å². The Morgan fingerprint density at radius 1 is 0.739 bits per heavy atom.